The maximum atomic E-state index is 6.23. The molecule has 0 bridgehead atoms. The van der Waals surface area contributed by atoms with Gasteiger partial charge in [0.2, 0.25) is 0 Å². The Morgan fingerprint density at radius 3 is 2.54 bits per heavy atom. The zero-order chi connectivity index (χ0) is 17.1. The van der Waals surface area contributed by atoms with E-state index in [1.54, 1.807) is 14.2 Å². The van der Waals surface area contributed by atoms with Crippen LogP contribution in [0, 0.1) is 5.92 Å². The molecule has 5 nitrogen and oxygen atoms in total. The minimum absolute atomic E-state index is 0. The maximum absolute atomic E-state index is 6.23. The lowest BCUT2D eigenvalue weighted by atomic mass is 10.1. The van der Waals surface area contributed by atoms with Gasteiger partial charge >= 0.3 is 0 Å². The second kappa shape index (κ2) is 13.5. The predicted octanol–water partition coefficient (Wildman–Crippen LogP) is 3.35. The smallest absolute Gasteiger partial charge is 0.191 e. The molecule has 0 aliphatic carbocycles. The first kappa shape index (κ1) is 23.3. The minimum atomic E-state index is 0. The first-order valence-electron chi connectivity index (χ1n) is 7.91. The number of hydrogen-bond donors (Lipinski definition) is 2. The van der Waals surface area contributed by atoms with Crippen LogP contribution < -0.4 is 15.4 Å². The lowest BCUT2D eigenvalue weighted by Crippen LogP contribution is -2.39. The number of aliphatic imine (C=N–C) groups is 1. The summed E-state index contributed by atoms with van der Waals surface area (Å²) >= 11 is 6.23. The van der Waals surface area contributed by atoms with Gasteiger partial charge in [-0.2, -0.15) is 0 Å². The van der Waals surface area contributed by atoms with Gasteiger partial charge in [0.1, 0.15) is 5.75 Å². The first-order valence-corrected chi connectivity index (χ1v) is 8.29. The van der Waals surface area contributed by atoms with Crippen LogP contribution >= 0.6 is 35.6 Å². The molecular formula is C17H29ClIN3O2. The molecule has 0 heterocycles. The fourth-order valence-electron chi connectivity index (χ4n) is 1.95. The van der Waals surface area contributed by atoms with Crippen molar-refractivity contribution in [2.75, 3.05) is 40.5 Å². The molecule has 2 N–H and O–H groups in total. The number of nitrogens with one attached hydrogen (secondary N) is 2. The second-order valence-electron chi connectivity index (χ2n) is 5.60. The summed E-state index contributed by atoms with van der Waals surface area (Å²) in [6.07, 6.45) is 0.813. The Hall–Kier alpha value is -0.730. The Morgan fingerprint density at radius 2 is 1.96 bits per heavy atom. The monoisotopic (exact) mass is 469 g/mol. The number of nitrogens with zero attached hydrogens (tertiary/aromatic N) is 1. The summed E-state index contributed by atoms with van der Waals surface area (Å²) in [7, 11) is 3.39. The summed E-state index contributed by atoms with van der Waals surface area (Å²) in [5, 5.41) is 7.21. The average Bonchev–Trinajstić information content (AvgIpc) is 2.53. The number of halogens is 2. The maximum Gasteiger partial charge on any atom is 0.191 e. The molecular weight excluding hydrogens is 441 g/mol. The molecule has 0 aromatic heterocycles. The molecule has 0 unspecified atom stereocenters. The van der Waals surface area contributed by atoms with E-state index in [1.165, 1.54) is 0 Å². The summed E-state index contributed by atoms with van der Waals surface area (Å²) < 4.78 is 10.7. The molecule has 0 fully saturated rings. The largest absolute Gasteiger partial charge is 0.497 e. The number of hydrogen-bond acceptors (Lipinski definition) is 3. The summed E-state index contributed by atoms with van der Waals surface area (Å²) in [5.41, 5.74) is 1.08. The number of methoxy groups -OCH3 is 1. The second-order valence-corrected chi connectivity index (χ2v) is 6.01. The molecule has 1 aromatic carbocycles. The molecule has 0 aliphatic rings. The highest BCUT2D eigenvalue weighted by molar-refractivity contribution is 14.0. The quantitative estimate of drug-likeness (QED) is 0.252. The fraction of sp³-hybridized carbons (Fsp3) is 0.588. The van der Waals surface area contributed by atoms with E-state index in [2.05, 4.69) is 29.5 Å². The zero-order valence-corrected chi connectivity index (χ0v) is 18.0. The van der Waals surface area contributed by atoms with E-state index in [4.69, 9.17) is 21.1 Å². The van der Waals surface area contributed by atoms with Gasteiger partial charge in [0.05, 0.1) is 13.7 Å². The third kappa shape index (κ3) is 9.54. The normalized spacial score (nSPS) is 11.2. The van der Waals surface area contributed by atoms with E-state index in [0.717, 1.165) is 48.4 Å². The van der Waals surface area contributed by atoms with E-state index < -0.39 is 0 Å². The zero-order valence-electron chi connectivity index (χ0n) is 14.9. The Balaban J connectivity index is 0.00000529. The van der Waals surface area contributed by atoms with Crippen LogP contribution in [0.4, 0.5) is 0 Å². The van der Waals surface area contributed by atoms with Crippen molar-refractivity contribution in [3.8, 4) is 5.75 Å². The lowest BCUT2D eigenvalue weighted by Gasteiger charge is -2.13. The van der Waals surface area contributed by atoms with Crippen molar-refractivity contribution in [3.05, 3.63) is 28.8 Å². The molecule has 1 aromatic rings. The van der Waals surface area contributed by atoms with Gasteiger partial charge in [0, 0.05) is 31.8 Å². The van der Waals surface area contributed by atoms with Crippen LogP contribution in [0.25, 0.3) is 0 Å². The molecule has 7 heteroatoms. The molecule has 0 saturated carbocycles. The standard InChI is InChI=1S/C17H28ClN3O2.HI/c1-13(2)12-23-10-9-21-17(19-3)20-8-7-14-5-6-15(22-4)11-16(14)18;/h5-6,11,13H,7-10,12H2,1-4H3,(H2,19,20,21);1H. The summed E-state index contributed by atoms with van der Waals surface area (Å²) in [4.78, 5) is 4.19. The summed E-state index contributed by atoms with van der Waals surface area (Å²) in [5.74, 6) is 2.09. The molecule has 138 valence electrons. The molecule has 0 saturated heterocycles. The minimum Gasteiger partial charge on any atom is -0.497 e. The van der Waals surface area contributed by atoms with Crippen LogP contribution in [-0.2, 0) is 11.2 Å². The van der Waals surface area contributed by atoms with Crippen molar-refractivity contribution in [2.45, 2.75) is 20.3 Å². The van der Waals surface area contributed by atoms with Gasteiger partial charge < -0.3 is 20.1 Å². The van der Waals surface area contributed by atoms with E-state index in [0.29, 0.717) is 12.5 Å². The molecule has 0 atom stereocenters. The number of guanidine groups is 1. The SMILES string of the molecule is CN=C(NCCOCC(C)C)NCCc1ccc(OC)cc1Cl.I. The van der Waals surface area contributed by atoms with Gasteiger partial charge in [-0.1, -0.05) is 31.5 Å². The number of benzene rings is 1. The van der Waals surface area contributed by atoms with Crippen LogP contribution in [0.2, 0.25) is 5.02 Å². The Bertz CT molecular complexity index is 499. The van der Waals surface area contributed by atoms with Crippen molar-refractivity contribution < 1.29 is 9.47 Å². The molecule has 0 spiro atoms. The van der Waals surface area contributed by atoms with E-state index in [9.17, 15) is 0 Å². The summed E-state index contributed by atoms with van der Waals surface area (Å²) in [6.45, 7) is 7.21. The fourth-order valence-corrected chi connectivity index (χ4v) is 2.22. The van der Waals surface area contributed by atoms with Crippen LogP contribution in [0.5, 0.6) is 5.75 Å². The molecule has 0 radical (unpaired) electrons. The molecule has 24 heavy (non-hydrogen) atoms. The topological polar surface area (TPSA) is 54.9 Å². The Kier molecular flexibility index (Phi) is 13.1. The van der Waals surface area contributed by atoms with Gasteiger partial charge in [0.25, 0.3) is 0 Å². The lowest BCUT2D eigenvalue weighted by molar-refractivity contribution is 0.114. The van der Waals surface area contributed by atoms with E-state index in [-0.39, 0.29) is 24.0 Å². The first-order chi connectivity index (χ1) is 11.1. The molecule has 0 aliphatic heterocycles. The molecule has 0 amide bonds. The van der Waals surface area contributed by atoms with Gasteiger partial charge in [-0.15, -0.1) is 24.0 Å². The van der Waals surface area contributed by atoms with Crippen LogP contribution in [0.1, 0.15) is 19.4 Å². The van der Waals surface area contributed by atoms with Crippen molar-refractivity contribution in [1.29, 1.82) is 0 Å². The van der Waals surface area contributed by atoms with E-state index in [1.807, 2.05) is 18.2 Å². The van der Waals surface area contributed by atoms with Crippen LogP contribution in [0.15, 0.2) is 23.2 Å². The van der Waals surface area contributed by atoms with Gasteiger partial charge in [-0.3, -0.25) is 4.99 Å². The Labute approximate surface area is 167 Å². The average molecular weight is 470 g/mol. The third-order valence-electron chi connectivity index (χ3n) is 3.16. The Morgan fingerprint density at radius 1 is 1.25 bits per heavy atom. The van der Waals surface area contributed by atoms with E-state index >= 15 is 0 Å². The van der Waals surface area contributed by atoms with Crippen molar-refractivity contribution in [2.24, 2.45) is 10.9 Å². The predicted molar refractivity (Wildman–Crippen MR) is 112 cm³/mol. The van der Waals surface area contributed by atoms with Gasteiger partial charge in [0.15, 0.2) is 5.96 Å². The van der Waals surface area contributed by atoms with Gasteiger partial charge in [-0.25, -0.2) is 0 Å². The van der Waals surface area contributed by atoms with Crippen molar-refractivity contribution in [3.63, 3.8) is 0 Å². The van der Waals surface area contributed by atoms with Crippen LogP contribution in [0.3, 0.4) is 0 Å². The van der Waals surface area contributed by atoms with Crippen molar-refractivity contribution in [1.82, 2.24) is 10.6 Å². The number of ether oxygens (including phenoxy) is 2. The van der Waals surface area contributed by atoms with Gasteiger partial charge in [-0.05, 0) is 30.0 Å². The number of rotatable bonds is 9. The molecule has 1 rings (SSSR count). The van der Waals surface area contributed by atoms with Crippen LogP contribution in [-0.4, -0.2) is 46.4 Å². The highest BCUT2D eigenvalue weighted by atomic mass is 127. The summed E-state index contributed by atoms with van der Waals surface area (Å²) in [6, 6.07) is 5.73. The van der Waals surface area contributed by atoms with Crippen molar-refractivity contribution >= 4 is 41.5 Å². The highest BCUT2D eigenvalue weighted by Gasteiger charge is 2.03. The highest BCUT2D eigenvalue weighted by Crippen LogP contribution is 2.22. The third-order valence-corrected chi connectivity index (χ3v) is 3.51.